The molecule has 2 rings (SSSR count). The lowest BCUT2D eigenvalue weighted by atomic mass is 10.2. The summed E-state index contributed by atoms with van der Waals surface area (Å²) in [5.74, 6) is -1.14. The molecule has 0 saturated heterocycles. The van der Waals surface area contributed by atoms with Crippen LogP contribution in [0.4, 0.5) is 10.1 Å². The number of nitrogens with one attached hydrogen (secondary N) is 1. The zero-order valence-corrected chi connectivity index (χ0v) is 10.7. The molecule has 0 bridgehead atoms. The smallest absolute Gasteiger partial charge is 0.267 e. The number of para-hydroxylation sites is 1. The first-order valence-corrected chi connectivity index (χ1v) is 5.90. The second kappa shape index (κ2) is 6.38. The normalized spacial score (nSPS) is 10.5. The molecule has 0 fully saturated rings. The van der Waals surface area contributed by atoms with E-state index in [9.17, 15) is 19.3 Å². The Balaban J connectivity index is 2.09. The average Bonchev–Trinajstić information content (AvgIpc) is 2.47. The summed E-state index contributed by atoms with van der Waals surface area (Å²) in [5, 5.41) is 14.4. The second-order valence-corrected chi connectivity index (χ2v) is 4.03. The summed E-state index contributed by atoms with van der Waals surface area (Å²) in [7, 11) is 0. The molecule has 106 valence electrons. The molecular weight excluding hydrogens is 277 g/mol. The van der Waals surface area contributed by atoms with E-state index in [0.717, 1.165) is 12.3 Å². The lowest BCUT2D eigenvalue weighted by molar-refractivity contribution is -0.385. The van der Waals surface area contributed by atoms with Crippen molar-refractivity contribution in [2.45, 2.75) is 0 Å². The molecule has 21 heavy (non-hydrogen) atoms. The lowest BCUT2D eigenvalue weighted by Crippen LogP contribution is -2.17. The van der Waals surface area contributed by atoms with Crippen LogP contribution >= 0.6 is 0 Å². The van der Waals surface area contributed by atoms with Gasteiger partial charge in [0.15, 0.2) is 0 Å². The van der Waals surface area contributed by atoms with Crippen molar-refractivity contribution in [1.29, 1.82) is 0 Å². The number of carbonyl (C=O) groups excluding carboxylic acids is 1. The Morgan fingerprint density at radius 2 is 2.00 bits per heavy atom. The van der Waals surface area contributed by atoms with E-state index >= 15 is 0 Å². The first-order valence-electron chi connectivity index (χ1n) is 5.90. The van der Waals surface area contributed by atoms with Crippen LogP contribution in [-0.2, 0) is 0 Å². The van der Waals surface area contributed by atoms with Crippen molar-refractivity contribution < 1.29 is 14.1 Å². The van der Waals surface area contributed by atoms with E-state index in [1.165, 1.54) is 36.4 Å². The van der Waals surface area contributed by atoms with E-state index in [2.05, 4.69) is 10.5 Å². The van der Waals surface area contributed by atoms with Gasteiger partial charge < -0.3 is 0 Å². The van der Waals surface area contributed by atoms with Gasteiger partial charge in [-0.2, -0.15) is 5.10 Å². The van der Waals surface area contributed by atoms with E-state index in [1.807, 2.05) is 0 Å². The fourth-order valence-electron chi connectivity index (χ4n) is 1.62. The summed E-state index contributed by atoms with van der Waals surface area (Å²) >= 11 is 0. The third-order valence-corrected chi connectivity index (χ3v) is 2.59. The minimum Gasteiger partial charge on any atom is -0.267 e. The van der Waals surface area contributed by atoms with E-state index in [0.29, 0.717) is 0 Å². The highest BCUT2D eigenvalue weighted by Gasteiger charge is 2.10. The standard InChI is InChI=1S/C14H10FN3O3/c15-12-6-3-5-10(8-12)14(19)17-16-9-11-4-1-2-7-13(11)18(20)21/h1-9H,(H,17,19). The molecule has 0 heterocycles. The largest absolute Gasteiger partial charge is 0.278 e. The zero-order valence-electron chi connectivity index (χ0n) is 10.7. The molecule has 7 heteroatoms. The van der Waals surface area contributed by atoms with Crippen LogP contribution in [0.5, 0.6) is 0 Å². The molecule has 1 N–H and O–H groups in total. The average molecular weight is 287 g/mol. The van der Waals surface area contributed by atoms with Gasteiger partial charge in [-0.3, -0.25) is 14.9 Å². The highest BCUT2D eigenvalue weighted by atomic mass is 19.1. The molecule has 0 aromatic heterocycles. The van der Waals surface area contributed by atoms with E-state index < -0.39 is 16.6 Å². The maximum atomic E-state index is 13.0. The molecule has 0 aliphatic heterocycles. The van der Waals surface area contributed by atoms with Crippen molar-refractivity contribution >= 4 is 17.8 Å². The number of carbonyl (C=O) groups is 1. The molecule has 0 radical (unpaired) electrons. The van der Waals surface area contributed by atoms with Gasteiger partial charge in [0, 0.05) is 11.6 Å². The molecule has 0 aliphatic rings. The van der Waals surface area contributed by atoms with Gasteiger partial charge in [-0.25, -0.2) is 9.82 Å². The number of nitrogens with zero attached hydrogens (tertiary/aromatic N) is 2. The minimum atomic E-state index is -0.607. The number of benzene rings is 2. The Morgan fingerprint density at radius 3 is 2.71 bits per heavy atom. The molecule has 1 amide bonds. The maximum Gasteiger partial charge on any atom is 0.278 e. The van der Waals surface area contributed by atoms with Gasteiger partial charge in [0.1, 0.15) is 5.82 Å². The summed E-state index contributed by atoms with van der Waals surface area (Å²) in [6, 6.07) is 11.1. The Morgan fingerprint density at radius 1 is 1.24 bits per heavy atom. The van der Waals surface area contributed by atoms with E-state index in [1.54, 1.807) is 6.07 Å². The molecule has 6 nitrogen and oxygen atoms in total. The Labute approximate surface area is 119 Å². The molecule has 2 aromatic carbocycles. The fourth-order valence-corrected chi connectivity index (χ4v) is 1.62. The monoisotopic (exact) mass is 287 g/mol. The highest BCUT2D eigenvalue weighted by molar-refractivity contribution is 5.95. The number of halogens is 1. The second-order valence-electron chi connectivity index (χ2n) is 4.03. The van der Waals surface area contributed by atoms with Crippen molar-refractivity contribution in [2.75, 3.05) is 0 Å². The first-order chi connectivity index (χ1) is 10.1. The fraction of sp³-hybridized carbons (Fsp3) is 0. The van der Waals surface area contributed by atoms with Crippen LogP contribution in [0.25, 0.3) is 0 Å². The molecule has 0 atom stereocenters. The van der Waals surface area contributed by atoms with E-state index in [4.69, 9.17) is 0 Å². The van der Waals surface area contributed by atoms with Crippen molar-refractivity contribution in [2.24, 2.45) is 5.10 Å². The number of nitro groups is 1. The van der Waals surface area contributed by atoms with Gasteiger partial charge in [0.05, 0.1) is 16.7 Å². The van der Waals surface area contributed by atoms with Crippen molar-refractivity contribution in [3.63, 3.8) is 0 Å². The first kappa shape index (κ1) is 14.3. The summed E-state index contributed by atoms with van der Waals surface area (Å²) < 4.78 is 13.0. The number of hydrogen-bond acceptors (Lipinski definition) is 4. The van der Waals surface area contributed by atoms with Crippen molar-refractivity contribution in [3.05, 3.63) is 75.6 Å². The minimum absolute atomic E-state index is 0.106. The van der Waals surface area contributed by atoms with Crippen molar-refractivity contribution in [3.8, 4) is 0 Å². The van der Waals surface area contributed by atoms with Crippen LogP contribution in [0.15, 0.2) is 53.6 Å². The molecule has 0 unspecified atom stereocenters. The summed E-state index contributed by atoms with van der Waals surface area (Å²) in [5.41, 5.74) is 2.42. The van der Waals surface area contributed by atoms with Gasteiger partial charge in [0.25, 0.3) is 11.6 Å². The van der Waals surface area contributed by atoms with Crippen molar-refractivity contribution in [1.82, 2.24) is 5.43 Å². The predicted molar refractivity (Wildman–Crippen MR) is 74.6 cm³/mol. The SMILES string of the molecule is O=C(NN=Cc1ccccc1[N+](=O)[O-])c1cccc(F)c1. The summed E-state index contributed by atoms with van der Waals surface area (Å²) in [6.45, 7) is 0. The Hall–Kier alpha value is -3.09. The summed E-state index contributed by atoms with van der Waals surface area (Å²) in [6.07, 6.45) is 1.16. The van der Waals surface area contributed by atoms with Crippen LogP contribution in [0.3, 0.4) is 0 Å². The number of hydrazone groups is 1. The van der Waals surface area contributed by atoms with Gasteiger partial charge in [-0.1, -0.05) is 18.2 Å². The predicted octanol–water partition coefficient (Wildman–Crippen LogP) is 2.50. The molecular formula is C14H10FN3O3. The third-order valence-electron chi connectivity index (χ3n) is 2.59. The number of hydrogen-bond donors (Lipinski definition) is 1. The summed E-state index contributed by atoms with van der Waals surface area (Å²) in [4.78, 5) is 21.9. The highest BCUT2D eigenvalue weighted by Crippen LogP contribution is 2.15. The quantitative estimate of drug-likeness (QED) is 0.532. The number of rotatable bonds is 4. The van der Waals surface area contributed by atoms with Crippen LogP contribution in [0.1, 0.15) is 15.9 Å². The maximum absolute atomic E-state index is 13.0. The van der Waals surface area contributed by atoms with E-state index in [-0.39, 0.29) is 16.8 Å². The topological polar surface area (TPSA) is 84.6 Å². The zero-order chi connectivity index (χ0) is 15.2. The number of nitro benzene ring substituents is 1. The van der Waals surface area contributed by atoms with Crippen LogP contribution in [-0.4, -0.2) is 17.0 Å². The third kappa shape index (κ3) is 3.69. The molecule has 0 spiro atoms. The Bertz CT molecular complexity index is 716. The van der Waals surface area contributed by atoms with Crippen LogP contribution in [0, 0.1) is 15.9 Å². The van der Waals surface area contributed by atoms with Crippen LogP contribution < -0.4 is 5.43 Å². The van der Waals surface area contributed by atoms with Gasteiger partial charge in [-0.05, 0) is 24.3 Å². The molecule has 0 saturated carbocycles. The van der Waals surface area contributed by atoms with Gasteiger partial charge >= 0.3 is 0 Å². The molecule has 2 aromatic rings. The van der Waals surface area contributed by atoms with Crippen LogP contribution in [0.2, 0.25) is 0 Å². The Kier molecular flexibility index (Phi) is 4.35. The molecule has 0 aliphatic carbocycles. The van der Waals surface area contributed by atoms with Gasteiger partial charge in [0.2, 0.25) is 0 Å². The lowest BCUT2D eigenvalue weighted by Gasteiger charge is -2.00. The van der Waals surface area contributed by atoms with Gasteiger partial charge in [-0.15, -0.1) is 0 Å². The number of amides is 1.